The molecule has 1 N–H and O–H groups in total. The molecule has 0 radical (unpaired) electrons. The number of rotatable bonds is 4. The van der Waals surface area contributed by atoms with E-state index >= 15 is 0 Å². The molecule has 0 spiro atoms. The highest BCUT2D eigenvalue weighted by molar-refractivity contribution is 5.70. The average molecular weight is 209 g/mol. The van der Waals surface area contributed by atoms with Gasteiger partial charge < -0.3 is 10.0 Å². The number of aliphatic carboxylic acids is 1. The van der Waals surface area contributed by atoms with E-state index in [-0.39, 0.29) is 0 Å². The first kappa shape index (κ1) is 11.4. The van der Waals surface area contributed by atoms with Gasteiger partial charge in [-0.25, -0.2) is 4.98 Å². The molecule has 0 aliphatic carbocycles. The van der Waals surface area contributed by atoms with E-state index in [1.807, 2.05) is 14.0 Å². The SMILES string of the molecule is Cc1nccnc1N(C)CC(C)C(=O)O. The summed E-state index contributed by atoms with van der Waals surface area (Å²) >= 11 is 0. The molecule has 1 rings (SSSR count). The summed E-state index contributed by atoms with van der Waals surface area (Å²) in [4.78, 5) is 20.8. The van der Waals surface area contributed by atoms with Crippen LogP contribution in [0, 0.1) is 12.8 Å². The van der Waals surface area contributed by atoms with E-state index in [2.05, 4.69) is 9.97 Å². The monoisotopic (exact) mass is 209 g/mol. The van der Waals surface area contributed by atoms with E-state index in [0.717, 1.165) is 11.5 Å². The van der Waals surface area contributed by atoms with Crippen LogP contribution in [0.3, 0.4) is 0 Å². The normalized spacial score (nSPS) is 12.2. The second kappa shape index (κ2) is 4.72. The molecular formula is C10H15N3O2. The van der Waals surface area contributed by atoms with Gasteiger partial charge in [-0.05, 0) is 6.92 Å². The third kappa shape index (κ3) is 2.90. The van der Waals surface area contributed by atoms with Gasteiger partial charge in [-0.15, -0.1) is 0 Å². The zero-order chi connectivity index (χ0) is 11.4. The van der Waals surface area contributed by atoms with Crippen LogP contribution < -0.4 is 4.90 Å². The van der Waals surface area contributed by atoms with Gasteiger partial charge >= 0.3 is 5.97 Å². The fourth-order valence-electron chi connectivity index (χ4n) is 1.35. The number of anilines is 1. The van der Waals surface area contributed by atoms with Crippen LogP contribution in [0.1, 0.15) is 12.6 Å². The van der Waals surface area contributed by atoms with Crippen LogP contribution in [0.25, 0.3) is 0 Å². The Balaban J connectivity index is 2.73. The molecule has 0 saturated carbocycles. The molecule has 0 fully saturated rings. The molecule has 1 heterocycles. The minimum Gasteiger partial charge on any atom is -0.481 e. The van der Waals surface area contributed by atoms with Gasteiger partial charge in [0.2, 0.25) is 0 Å². The maximum Gasteiger partial charge on any atom is 0.308 e. The Bertz CT molecular complexity index is 354. The summed E-state index contributed by atoms with van der Waals surface area (Å²) in [6.45, 7) is 3.95. The smallest absolute Gasteiger partial charge is 0.308 e. The van der Waals surface area contributed by atoms with Crippen molar-refractivity contribution in [2.75, 3.05) is 18.5 Å². The molecule has 0 aromatic carbocycles. The lowest BCUT2D eigenvalue weighted by Gasteiger charge is -2.21. The molecule has 1 aromatic rings. The lowest BCUT2D eigenvalue weighted by Crippen LogP contribution is -2.29. The average Bonchev–Trinajstić information content (AvgIpc) is 2.18. The number of hydrogen-bond donors (Lipinski definition) is 1. The Morgan fingerprint density at radius 2 is 2.13 bits per heavy atom. The van der Waals surface area contributed by atoms with Crippen molar-refractivity contribution >= 4 is 11.8 Å². The first-order valence-electron chi connectivity index (χ1n) is 4.74. The minimum atomic E-state index is -0.802. The Hall–Kier alpha value is -1.65. The van der Waals surface area contributed by atoms with Gasteiger partial charge in [0.15, 0.2) is 0 Å². The molecule has 1 atom stereocenters. The number of carboxylic acids is 1. The Kier molecular flexibility index (Phi) is 3.60. The van der Waals surface area contributed by atoms with Crippen LogP contribution >= 0.6 is 0 Å². The lowest BCUT2D eigenvalue weighted by atomic mass is 10.2. The van der Waals surface area contributed by atoms with Crippen LogP contribution in [-0.2, 0) is 4.79 Å². The van der Waals surface area contributed by atoms with Crippen molar-refractivity contribution in [2.24, 2.45) is 5.92 Å². The van der Waals surface area contributed by atoms with E-state index in [9.17, 15) is 4.79 Å². The van der Waals surface area contributed by atoms with E-state index in [1.54, 1.807) is 24.2 Å². The first-order valence-corrected chi connectivity index (χ1v) is 4.74. The van der Waals surface area contributed by atoms with Gasteiger partial charge in [-0.3, -0.25) is 9.78 Å². The molecule has 0 aliphatic rings. The first-order chi connectivity index (χ1) is 7.02. The van der Waals surface area contributed by atoms with Crippen molar-refractivity contribution in [3.05, 3.63) is 18.1 Å². The highest BCUT2D eigenvalue weighted by Gasteiger charge is 2.15. The van der Waals surface area contributed by atoms with E-state index in [1.165, 1.54) is 0 Å². The summed E-state index contributed by atoms with van der Waals surface area (Å²) < 4.78 is 0. The zero-order valence-electron chi connectivity index (χ0n) is 9.14. The quantitative estimate of drug-likeness (QED) is 0.799. The fourth-order valence-corrected chi connectivity index (χ4v) is 1.35. The number of carbonyl (C=O) groups is 1. The summed E-state index contributed by atoms with van der Waals surface area (Å²) in [7, 11) is 1.82. The van der Waals surface area contributed by atoms with E-state index < -0.39 is 11.9 Å². The third-order valence-electron chi connectivity index (χ3n) is 2.19. The third-order valence-corrected chi connectivity index (χ3v) is 2.19. The van der Waals surface area contributed by atoms with Crippen LogP contribution in [0.4, 0.5) is 5.82 Å². The largest absolute Gasteiger partial charge is 0.481 e. The number of hydrogen-bond acceptors (Lipinski definition) is 4. The highest BCUT2D eigenvalue weighted by atomic mass is 16.4. The van der Waals surface area contributed by atoms with Gasteiger partial charge in [0.25, 0.3) is 0 Å². The van der Waals surface area contributed by atoms with E-state index in [0.29, 0.717) is 6.54 Å². The molecule has 5 nitrogen and oxygen atoms in total. The van der Waals surface area contributed by atoms with E-state index in [4.69, 9.17) is 5.11 Å². The lowest BCUT2D eigenvalue weighted by molar-refractivity contribution is -0.140. The summed E-state index contributed by atoms with van der Waals surface area (Å²) in [5.41, 5.74) is 0.803. The van der Waals surface area contributed by atoms with Crippen molar-refractivity contribution in [3.8, 4) is 0 Å². The van der Waals surface area contributed by atoms with Crippen LogP contribution in [0.15, 0.2) is 12.4 Å². The van der Waals surface area contributed by atoms with Crippen molar-refractivity contribution in [1.82, 2.24) is 9.97 Å². The standard InChI is InChI=1S/C10H15N3O2/c1-7(10(14)15)6-13(3)9-8(2)11-4-5-12-9/h4-5,7H,6H2,1-3H3,(H,14,15). The summed E-state index contributed by atoms with van der Waals surface area (Å²) in [5, 5.41) is 8.78. The predicted octanol–water partition coefficient (Wildman–Crippen LogP) is 0.942. The van der Waals surface area contributed by atoms with Gasteiger partial charge in [0, 0.05) is 26.0 Å². The summed E-state index contributed by atoms with van der Waals surface area (Å²) in [6.07, 6.45) is 3.22. The Labute approximate surface area is 88.8 Å². The van der Waals surface area contributed by atoms with Gasteiger partial charge in [0.05, 0.1) is 11.6 Å². The molecule has 0 saturated heterocycles. The fraction of sp³-hybridized carbons (Fsp3) is 0.500. The van der Waals surface area contributed by atoms with Crippen LogP contribution in [0.2, 0.25) is 0 Å². The highest BCUT2D eigenvalue weighted by Crippen LogP contribution is 2.13. The molecule has 0 bridgehead atoms. The van der Waals surface area contributed by atoms with Crippen molar-refractivity contribution in [3.63, 3.8) is 0 Å². The van der Waals surface area contributed by atoms with Gasteiger partial charge in [-0.2, -0.15) is 0 Å². The van der Waals surface area contributed by atoms with Crippen molar-refractivity contribution < 1.29 is 9.90 Å². The maximum absolute atomic E-state index is 10.7. The molecule has 82 valence electrons. The minimum absolute atomic E-state index is 0.420. The molecule has 1 unspecified atom stereocenters. The van der Waals surface area contributed by atoms with Crippen molar-refractivity contribution in [1.29, 1.82) is 0 Å². The maximum atomic E-state index is 10.7. The zero-order valence-corrected chi connectivity index (χ0v) is 9.14. The molecule has 0 amide bonds. The topological polar surface area (TPSA) is 66.3 Å². The second-order valence-corrected chi connectivity index (χ2v) is 3.59. The summed E-state index contributed by atoms with van der Waals surface area (Å²) in [6, 6.07) is 0. The number of carboxylic acid groups (broad SMARTS) is 1. The molecule has 0 aliphatic heterocycles. The van der Waals surface area contributed by atoms with Gasteiger partial charge in [0.1, 0.15) is 5.82 Å². The number of aryl methyl sites for hydroxylation is 1. The number of aromatic nitrogens is 2. The number of nitrogens with zero attached hydrogens (tertiary/aromatic N) is 3. The molecular weight excluding hydrogens is 194 g/mol. The van der Waals surface area contributed by atoms with Crippen LogP contribution in [-0.4, -0.2) is 34.6 Å². The van der Waals surface area contributed by atoms with Crippen LogP contribution in [0.5, 0.6) is 0 Å². The molecule has 5 heteroatoms. The van der Waals surface area contributed by atoms with Gasteiger partial charge in [-0.1, -0.05) is 6.92 Å². The predicted molar refractivity (Wildman–Crippen MR) is 56.8 cm³/mol. The Morgan fingerprint density at radius 1 is 1.53 bits per heavy atom. The molecule has 1 aromatic heterocycles. The Morgan fingerprint density at radius 3 is 2.67 bits per heavy atom. The van der Waals surface area contributed by atoms with Crippen molar-refractivity contribution in [2.45, 2.75) is 13.8 Å². The summed E-state index contributed by atoms with van der Waals surface area (Å²) in [5.74, 6) is -0.495. The molecule has 15 heavy (non-hydrogen) atoms. The second-order valence-electron chi connectivity index (χ2n) is 3.59.